The average Bonchev–Trinajstić information content (AvgIpc) is 2.42. The van der Waals surface area contributed by atoms with Crippen LogP contribution in [0.15, 0.2) is 24.3 Å². The summed E-state index contributed by atoms with van der Waals surface area (Å²) in [5.41, 5.74) is 2.54. The SMILES string of the molecule is CCCC1CCC(Nc2cccc(N(C)C)c2)CC1. The maximum Gasteiger partial charge on any atom is 0.0381 e. The Morgan fingerprint density at radius 1 is 1.16 bits per heavy atom. The van der Waals surface area contributed by atoms with Crippen molar-refractivity contribution in [2.75, 3.05) is 24.3 Å². The van der Waals surface area contributed by atoms with Crippen LogP contribution in [0.3, 0.4) is 0 Å². The van der Waals surface area contributed by atoms with Crippen LogP contribution < -0.4 is 10.2 Å². The lowest BCUT2D eigenvalue weighted by Crippen LogP contribution is -2.26. The predicted octanol–water partition coefficient (Wildman–Crippen LogP) is 4.52. The summed E-state index contributed by atoms with van der Waals surface area (Å²) in [4.78, 5) is 2.16. The average molecular weight is 260 g/mol. The van der Waals surface area contributed by atoms with Gasteiger partial charge in [-0.2, -0.15) is 0 Å². The largest absolute Gasteiger partial charge is 0.382 e. The highest BCUT2D eigenvalue weighted by molar-refractivity contribution is 5.57. The summed E-state index contributed by atoms with van der Waals surface area (Å²) in [6.45, 7) is 2.30. The Morgan fingerprint density at radius 2 is 1.89 bits per heavy atom. The summed E-state index contributed by atoms with van der Waals surface area (Å²) in [6, 6.07) is 9.40. The van der Waals surface area contributed by atoms with Crippen molar-refractivity contribution in [2.24, 2.45) is 5.92 Å². The topological polar surface area (TPSA) is 15.3 Å². The van der Waals surface area contributed by atoms with E-state index in [9.17, 15) is 0 Å². The Kier molecular flexibility index (Phi) is 5.12. The van der Waals surface area contributed by atoms with Gasteiger partial charge in [0.2, 0.25) is 0 Å². The molecule has 2 rings (SSSR count). The first-order chi connectivity index (χ1) is 9.19. The van der Waals surface area contributed by atoms with Gasteiger partial charge in [-0.1, -0.05) is 25.8 Å². The second kappa shape index (κ2) is 6.83. The molecule has 0 atom stereocenters. The Balaban J connectivity index is 1.87. The summed E-state index contributed by atoms with van der Waals surface area (Å²) in [7, 11) is 4.18. The zero-order chi connectivity index (χ0) is 13.7. The minimum absolute atomic E-state index is 0.672. The molecular formula is C17H28N2. The molecule has 0 bridgehead atoms. The Labute approximate surface area is 118 Å². The summed E-state index contributed by atoms with van der Waals surface area (Å²) in [5.74, 6) is 0.983. The standard InChI is InChI=1S/C17H28N2/c1-4-6-14-9-11-15(12-10-14)18-16-7-5-8-17(13-16)19(2)3/h5,7-8,13-15,18H,4,6,9-12H2,1-3H3. The van der Waals surface area contributed by atoms with Crippen molar-refractivity contribution < 1.29 is 0 Å². The number of hydrogen-bond donors (Lipinski definition) is 1. The number of hydrogen-bond acceptors (Lipinski definition) is 2. The molecule has 0 saturated heterocycles. The summed E-state index contributed by atoms with van der Waals surface area (Å²) in [5, 5.41) is 3.71. The van der Waals surface area contributed by atoms with Gasteiger partial charge in [0.1, 0.15) is 0 Å². The third-order valence-electron chi connectivity index (χ3n) is 4.28. The van der Waals surface area contributed by atoms with E-state index in [4.69, 9.17) is 0 Å². The molecule has 0 heterocycles. The third-order valence-corrected chi connectivity index (χ3v) is 4.28. The van der Waals surface area contributed by atoms with Crippen molar-refractivity contribution in [1.82, 2.24) is 0 Å². The van der Waals surface area contributed by atoms with E-state index in [0.29, 0.717) is 6.04 Å². The van der Waals surface area contributed by atoms with E-state index in [2.05, 4.69) is 55.5 Å². The molecule has 0 unspecified atom stereocenters. The van der Waals surface area contributed by atoms with E-state index in [-0.39, 0.29) is 0 Å². The smallest absolute Gasteiger partial charge is 0.0381 e. The van der Waals surface area contributed by atoms with Crippen LogP contribution in [-0.4, -0.2) is 20.1 Å². The molecule has 1 saturated carbocycles. The molecular weight excluding hydrogens is 232 g/mol. The van der Waals surface area contributed by atoms with Gasteiger partial charge in [-0.3, -0.25) is 0 Å². The van der Waals surface area contributed by atoms with Crippen molar-refractivity contribution in [3.05, 3.63) is 24.3 Å². The molecule has 0 aromatic heterocycles. The van der Waals surface area contributed by atoms with Crippen molar-refractivity contribution in [2.45, 2.75) is 51.5 Å². The van der Waals surface area contributed by atoms with E-state index in [1.165, 1.54) is 49.9 Å². The molecule has 19 heavy (non-hydrogen) atoms. The summed E-state index contributed by atoms with van der Waals surface area (Å²) in [6.07, 6.45) is 8.22. The van der Waals surface area contributed by atoms with E-state index in [1.807, 2.05) is 0 Å². The van der Waals surface area contributed by atoms with Crippen LogP contribution in [0.2, 0.25) is 0 Å². The molecule has 0 radical (unpaired) electrons. The second-order valence-electron chi connectivity index (χ2n) is 6.10. The first-order valence-corrected chi connectivity index (χ1v) is 7.73. The van der Waals surface area contributed by atoms with Crippen LogP contribution in [0.5, 0.6) is 0 Å². The summed E-state index contributed by atoms with van der Waals surface area (Å²) < 4.78 is 0. The van der Waals surface area contributed by atoms with Gasteiger partial charge in [0.15, 0.2) is 0 Å². The highest BCUT2D eigenvalue weighted by atomic mass is 15.1. The van der Waals surface area contributed by atoms with E-state index >= 15 is 0 Å². The highest BCUT2D eigenvalue weighted by Crippen LogP contribution is 2.30. The lowest BCUT2D eigenvalue weighted by molar-refractivity contribution is 0.319. The maximum absolute atomic E-state index is 3.71. The van der Waals surface area contributed by atoms with Crippen molar-refractivity contribution in [3.63, 3.8) is 0 Å². The molecule has 0 spiro atoms. The molecule has 1 aliphatic rings. The molecule has 0 amide bonds. The summed E-state index contributed by atoms with van der Waals surface area (Å²) >= 11 is 0. The lowest BCUT2D eigenvalue weighted by atomic mass is 9.83. The van der Waals surface area contributed by atoms with E-state index in [1.54, 1.807) is 0 Å². The number of anilines is 2. The van der Waals surface area contributed by atoms with Crippen molar-refractivity contribution in [1.29, 1.82) is 0 Å². The molecule has 2 nitrogen and oxygen atoms in total. The fourth-order valence-corrected chi connectivity index (χ4v) is 3.11. The number of rotatable bonds is 5. The monoisotopic (exact) mass is 260 g/mol. The van der Waals surface area contributed by atoms with Gasteiger partial charge in [-0.25, -0.2) is 0 Å². The molecule has 1 aromatic rings. The molecule has 1 fully saturated rings. The fraction of sp³-hybridized carbons (Fsp3) is 0.647. The minimum atomic E-state index is 0.672. The van der Waals surface area contributed by atoms with E-state index < -0.39 is 0 Å². The molecule has 1 N–H and O–H groups in total. The van der Waals surface area contributed by atoms with E-state index in [0.717, 1.165) is 5.92 Å². The van der Waals surface area contributed by atoms with Gasteiger partial charge in [0.05, 0.1) is 0 Å². The molecule has 2 heteroatoms. The van der Waals surface area contributed by atoms with Gasteiger partial charge in [0, 0.05) is 31.5 Å². The number of nitrogens with one attached hydrogen (secondary N) is 1. The van der Waals surface area contributed by atoms with Gasteiger partial charge in [0.25, 0.3) is 0 Å². The second-order valence-corrected chi connectivity index (χ2v) is 6.10. The van der Waals surface area contributed by atoms with Gasteiger partial charge in [-0.15, -0.1) is 0 Å². The number of nitrogens with zero attached hydrogens (tertiary/aromatic N) is 1. The Hall–Kier alpha value is -1.18. The Bertz CT molecular complexity index is 379. The zero-order valence-electron chi connectivity index (χ0n) is 12.7. The van der Waals surface area contributed by atoms with Crippen molar-refractivity contribution in [3.8, 4) is 0 Å². The fourth-order valence-electron chi connectivity index (χ4n) is 3.11. The van der Waals surface area contributed by atoms with Gasteiger partial charge >= 0.3 is 0 Å². The zero-order valence-corrected chi connectivity index (χ0v) is 12.7. The maximum atomic E-state index is 3.71. The van der Waals surface area contributed by atoms with Crippen LogP contribution >= 0.6 is 0 Å². The first kappa shape index (κ1) is 14.2. The van der Waals surface area contributed by atoms with Crippen LogP contribution in [0.25, 0.3) is 0 Å². The van der Waals surface area contributed by atoms with Crippen LogP contribution in [0, 0.1) is 5.92 Å². The number of benzene rings is 1. The molecule has 1 aromatic carbocycles. The molecule has 1 aliphatic carbocycles. The molecule has 106 valence electrons. The van der Waals surface area contributed by atoms with Crippen LogP contribution in [0.1, 0.15) is 45.4 Å². The minimum Gasteiger partial charge on any atom is -0.382 e. The Morgan fingerprint density at radius 3 is 2.53 bits per heavy atom. The van der Waals surface area contributed by atoms with Crippen molar-refractivity contribution >= 4 is 11.4 Å². The normalized spacial score (nSPS) is 23.1. The van der Waals surface area contributed by atoms with Gasteiger partial charge < -0.3 is 10.2 Å². The van der Waals surface area contributed by atoms with Crippen LogP contribution in [-0.2, 0) is 0 Å². The van der Waals surface area contributed by atoms with Gasteiger partial charge in [-0.05, 0) is 49.8 Å². The third kappa shape index (κ3) is 4.15. The lowest BCUT2D eigenvalue weighted by Gasteiger charge is -2.30. The predicted molar refractivity (Wildman–Crippen MR) is 85.0 cm³/mol. The first-order valence-electron chi connectivity index (χ1n) is 7.73. The van der Waals surface area contributed by atoms with Crippen LogP contribution in [0.4, 0.5) is 11.4 Å². The molecule has 0 aliphatic heterocycles. The highest BCUT2D eigenvalue weighted by Gasteiger charge is 2.20. The quantitative estimate of drug-likeness (QED) is 0.837.